The number of rotatable bonds is 7. The van der Waals surface area contributed by atoms with E-state index in [0.29, 0.717) is 6.61 Å². The van der Waals surface area contributed by atoms with Gasteiger partial charge in [-0.15, -0.1) is 0 Å². The third-order valence-corrected chi connectivity index (χ3v) is 5.05. The maximum Gasteiger partial charge on any atom is 0.0446 e. The molecule has 1 heterocycles. The normalized spacial score (nSPS) is 16.1. The van der Waals surface area contributed by atoms with Crippen LogP contribution in [0.1, 0.15) is 24.0 Å². The van der Waals surface area contributed by atoms with E-state index in [2.05, 4.69) is 52.3 Å². The molecule has 1 N–H and O–H groups in total. The summed E-state index contributed by atoms with van der Waals surface area (Å²) in [5.41, 5.74) is 3.62. The largest absolute Gasteiger partial charge is 0.396 e. The summed E-state index contributed by atoms with van der Waals surface area (Å²) in [7, 11) is 0. The number of hydrogen-bond acceptors (Lipinski definition) is 3. The first-order chi connectivity index (χ1) is 12.8. The highest BCUT2D eigenvalue weighted by Crippen LogP contribution is 2.25. The molecule has 1 saturated heterocycles. The Morgan fingerprint density at radius 1 is 0.962 bits per heavy atom. The molecule has 0 atom stereocenters. The summed E-state index contributed by atoms with van der Waals surface area (Å²) in [6.45, 7) is 5.52. The molecule has 0 saturated carbocycles. The van der Waals surface area contributed by atoms with E-state index in [1.54, 1.807) is 0 Å². The first-order valence-corrected chi connectivity index (χ1v) is 9.75. The average Bonchev–Trinajstić information content (AvgIpc) is 2.68. The van der Waals surface area contributed by atoms with Gasteiger partial charge in [-0.25, -0.2) is 0 Å². The molecule has 0 aliphatic carbocycles. The molecule has 0 aromatic heterocycles. The Morgan fingerprint density at radius 3 is 2.42 bits per heavy atom. The fourth-order valence-corrected chi connectivity index (χ4v) is 3.58. The molecule has 0 amide bonds. The Labute approximate surface area is 161 Å². The number of piperazine rings is 1. The SMILES string of the molecule is OCCCCN1CCN(/C(=C/c2cccc(Cl)c2)c2ccccc2)CC1. The zero-order valence-corrected chi connectivity index (χ0v) is 15.9. The molecule has 26 heavy (non-hydrogen) atoms. The number of aliphatic hydroxyl groups excluding tert-OH is 1. The fourth-order valence-electron chi connectivity index (χ4n) is 3.38. The second-order valence-corrected chi connectivity index (χ2v) is 7.15. The predicted molar refractivity (Wildman–Crippen MR) is 110 cm³/mol. The first kappa shape index (κ1) is 19.0. The van der Waals surface area contributed by atoms with Gasteiger partial charge in [0.05, 0.1) is 0 Å². The van der Waals surface area contributed by atoms with Crippen LogP contribution in [0.4, 0.5) is 0 Å². The molecule has 2 aromatic rings. The number of hydrogen-bond donors (Lipinski definition) is 1. The Balaban J connectivity index is 1.75. The number of halogens is 1. The van der Waals surface area contributed by atoms with Crippen molar-refractivity contribution >= 4 is 23.4 Å². The molecule has 1 aliphatic rings. The van der Waals surface area contributed by atoms with Crippen molar-refractivity contribution in [3.05, 3.63) is 70.7 Å². The summed E-state index contributed by atoms with van der Waals surface area (Å²) in [6, 6.07) is 18.6. The molecule has 3 rings (SSSR count). The number of benzene rings is 2. The standard InChI is InChI=1S/C22H27ClN2O/c23-21-10-6-7-19(17-21)18-22(20-8-2-1-3-9-20)25-14-12-24(13-15-25)11-4-5-16-26/h1-3,6-10,17-18,26H,4-5,11-16H2/b22-18+. The van der Waals surface area contributed by atoms with Gasteiger partial charge in [0, 0.05) is 43.5 Å². The monoisotopic (exact) mass is 370 g/mol. The van der Waals surface area contributed by atoms with E-state index in [9.17, 15) is 0 Å². The number of nitrogens with zero attached hydrogens (tertiary/aromatic N) is 2. The van der Waals surface area contributed by atoms with E-state index >= 15 is 0 Å². The van der Waals surface area contributed by atoms with Gasteiger partial charge in [-0.2, -0.15) is 0 Å². The van der Waals surface area contributed by atoms with Crippen LogP contribution in [0.25, 0.3) is 11.8 Å². The highest BCUT2D eigenvalue weighted by atomic mass is 35.5. The molecule has 0 bridgehead atoms. The lowest BCUT2D eigenvalue weighted by molar-refractivity contribution is 0.169. The van der Waals surface area contributed by atoms with Gasteiger partial charge in [0.1, 0.15) is 0 Å². The van der Waals surface area contributed by atoms with Crippen LogP contribution in [-0.2, 0) is 0 Å². The minimum atomic E-state index is 0.292. The van der Waals surface area contributed by atoms with Crippen LogP contribution < -0.4 is 0 Å². The van der Waals surface area contributed by atoms with Crippen LogP contribution in [0, 0.1) is 0 Å². The van der Waals surface area contributed by atoms with Crippen molar-refractivity contribution in [3.63, 3.8) is 0 Å². The van der Waals surface area contributed by atoms with Gasteiger partial charge in [-0.1, -0.05) is 54.1 Å². The van der Waals surface area contributed by atoms with Crippen molar-refractivity contribution in [2.45, 2.75) is 12.8 Å². The predicted octanol–water partition coefficient (Wildman–Crippen LogP) is 4.23. The quantitative estimate of drug-likeness (QED) is 0.583. The zero-order chi connectivity index (χ0) is 18.2. The molecule has 3 nitrogen and oxygen atoms in total. The van der Waals surface area contributed by atoms with Crippen LogP contribution in [0.15, 0.2) is 54.6 Å². The van der Waals surface area contributed by atoms with Crippen LogP contribution in [-0.4, -0.2) is 54.2 Å². The minimum Gasteiger partial charge on any atom is -0.396 e. The van der Waals surface area contributed by atoms with Crippen molar-refractivity contribution in [1.29, 1.82) is 0 Å². The minimum absolute atomic E-state index is 0.292. The van der Waals surface area contributed by atoms with Gasteiger partial charge >= 0.3 is 0 Å². The van der Waals surface area contributed by atoms with Crippen LogP contribution in [0.3, 0.4) is 0 Å². The van der Waals surface area contributed by atoms with Crippen molar-refractivity contribution in [2.24, 2.45) is 0 Å². The van der Waals surface area contributed by atoms with Crippen LogP contribution >= 0.6 is 11.6 Å². The molecule has 1 fully saturated rings. The van der Waals surface area contributed by atoms with Gasteiger partial charge in [0.25, 0.3) is 0 Å². The highest BCUT2D eigenvalue weighted by molar-refractivity contribution is 6.30. The highest BCUT2D eigenvalue weighted by Gasteiger charge is 2.19. The summed E-state index contributed by atoms with van der Waals surface area (Å²) in [6.07, 6.45) is 4.20. The number of aliphatic hydroxyl groups is 1. The summed E-state index contributed by atoms with van der Waals surface area (Å²) < 4.78 is 0. The second-order valence-electron chi connectivity index (χ2n) is 6.71. The summed E-state index contributed by atoms with van der Waals surface area (Å²) >= 11 is 6.17. The Bertz CT molecular complexity index is 709. The van der Waals surface area contributed by atoms with Crippen LogP contribution in [0.2, 0.25) is 5.02 Å². The van der Waals surface area contributed by atoms with Crippen molar-refractivity contribution in [1.82, 2.24) is 9.80 Å². The third-order valence-electron chi connectivity index (χ3n) is 4.82. The van der Waals surface area contributed by atoms with Gasteiger partial charge in [0.2, 0.25) is 0 Å². The maximum atomic E-state index is 8.95. The zero-order valence-electron chi connectivity index (χ0n) is 15.1. The Kier molecular flexibility index (Phi) is 7.13. The number of unbranched alkanes of at least 4 members (excludes halogenated alkanes) is 1. The van der Waals surface area contributed by atoms with E-state index in [1.165, 1.54) is 11.3 Å². The average molecular weight is 371 g/mol. The lowest BCUT2D eigenvalue weighted by atomic mass is 10.1. The van der Waals surface area contributed by atoms with Crippen molar-refractivity contribution in [2.75, 3.05) is 39.3 Å². The molecule has 0 unspecified atom stereocenters. The first-order valence-electron chi connectivity index (χ1n) is 9.37. The van der Waals surface area contributed by atoms with E-state index in [0.717, 1.165) is 56.2 Å². The molecule has 1 aliphatic heterocycles. The lowest BCUT2D eigenvalue weighted by Crippen LogP contribution is -2.45. The van der Waals surface area contributed by atoms with E-state index < -0.39 is 0 Å². The van der Waals surface area contributed by atoms with Gasteiger partial charge < -0.3 is 10.0 Å². The van der Waals surface area contributed by atoms with Crippen molar-refractivity contribution < 1.29 is 5.11 Å². The van der Waals surface area contributed by atoms with E-state index in [1.807, 2.05) is 18.2 Å². The molecule has 4 heteroatoms. The summed E-state index contributed by atoms with van der Waals surface area (Å²) in [4.78, 5) is 4.97. The molecule has 0 spiro atoms. The van der Waals surface area contributed by atoms with Gasteiger partial charge in [-0.05, 0) is 48.7 Å². The third kappa shape index (κ3) is 5.34. The summed E-state index contributed by atoms with van der Waals surface area (Å²) in [5, 5.41) is 9.72. The smallest absolute Gasteiger partial charge is 0.0446 e. The lowest BCUT2D eigenvalue weighted by Gasteiger charge is -2.37. The maximum absolute atomic E-state index is 8.95. The van der Waals surface area contributed by atoms with Crippen molar-refractivity contribution in [3.8, 4) is 0 Å². The van der Waals surface area contributed by atoms with Gasteiger partial charge in [-0.3, -0.25) is 4.90 Å². The van der Waals surface area contributed by atoms with E-state index in [-0.39, 0.29) is 0 Å². The van der Waals surface area contributed by atoms with Crippen LogP contribution in [0.5, 0.6) is 0 Å². The van der Waals surface area contributed by atoms with E-state index in [4.69, 9.17) is 16.7 Å². The second kappa shape index (κ2) is 9.77. The Hall–Kier alpha value is -1.81. The summed E-state index contributed by atoms with van der Waals surface area (Å²) in [5.74, 6) is 0. The molecule has 2 aromatic carbocycles. The Morgan fingerprint density at radius 2 is 1.73 bits per heavy atom. The van der Waals surface area contributed by atoms with Gasteiger partial charge in [0.15, 0.2) is 0 Å². The molecule has 138 valence electrons. The molecule has 0 radical (unpaired) electrons. The fraction of sp³-hybridized carbons (Fsp3) is 0.364. The topological polar surface area (TPSA) is 26.7 Å². The molecular formula is C22H27ClN2O. The molecular weight excluding hydrogens is 344 g/mol.